The summed E-state index contributed by atoms with van der Waals surface area (Å²) in [5, 5.41) is 11.9. The van der Waals surface area contributed by atoms with Crippen LogP contribution < -0.4 is 10.2 Å². The first kappa shape index (κ1) is 15.6. The highest BCUT2D eigenvalue weighted by Gasteiger charge is 2.41. The summed E-state index contributed by atoms with van der Waals surface area (Å²) in [7, 11) is 4.00. The van der Waals surface area contributed by atoms with Gasteiger partial charge in [0.25, 0.3) is 0 Å². The molecule has 0 aliphatic heterocycles. The van der Waals surface area contributed by atoms with Crippen LogP contribution >= 0.6 is 0 Å². The minimum atomic E-state index is -0.0732. The number of hydrogen-bond acceptors (Lipinski definition) is 3. The Morgan fingerprint density at radius 1 is 1.33 bits per heavy atom. The van der Waals surface area contributed by atoms with Gasteiger partial charge in [-0.25, -0.2) is 0 Å². The van der Waals surface area contributed by atoms with Gasteiger partial charge in [-0.15, -0.1) is 0 Å². The van der Waals surface area contributed by atoms with Crippen molar-refractivity contribution in [3.63, 3.8) is 0 Å². The van der Waals surface area contributed by atoms with Crippen LogP contribution in [0.3, 0.4) is 0 Å². The standard InChI is InChI=1S/C17H24N2O2/c1-19(2)15-6-3-14(4-7-15)5-8-16(21)18-13-17(9-10-17)11-12-20/h3-8,20H,9-13H2,1-2H3,(H,18,21)/b8-5+. The Bertz CT molecular complexity index is 502. The molecule has 0 atom stereocenters. The first-order chi connectivity index (χ1) is 10.0. The van der Waals surface area contributed by atoms with Crippen LogP contribution in [-0.4, -0.2) is 38.3 Å². The second kappa shape index (κ2) is 6.76. The van der Waals surface area contributed by atoms with E-state index in [0.717, 1.165) is 30.5 Å². The first-order valence-electron chi connectivity index (χ1n) is 7.39. The summed E-state index contributed by atoms with van der Waals surface area (Å²) < 4.78 is 0. The van der Waals surface area contributed by atoms with Crippen molar-refractivity contribution in [2.75, 3.05) is 32.1 Å². The highest BCUT2D eigenvalue weighted by Crippen LogP contribution is 2.47. The summed E-state index contributed by atoms with van der Waals surface area (Å²) in [6, 6.07) is 8.04. The number of hydrogen-bond donors (Lipinski definition) is 2. The van der Waals surface area contributed by atoms with Crippen molar-refractivity contribution in [1.82, 2.24) is 5.32 Å². The Kier molecular flexibility index (Phi) is 5.02. The van der Waals surface area contributed by atoms with Crippen LogP contribution in [0.15, 0.2) is 30.3 Å². The quantitative estimate of drug-likeness (QED) is 0.755. The summed E-state index contributed by atoms with van der Waals surface area (Å²) >= 11 is 0. The molecule has 0 spiro atoms. The van der Waals surface area contributed by atoms with Crippen molar-refractivity contribution in [2.45, 2.75) is 19.3 Å². The lowest BCUT2D eigenvalue weighted by molar-refractivity contribution is -0.116. The zero-order chi connectivity index (χ0) is 15.3. The van der Waals surface area contributed by atoms with E-state index in [-0.39, 0.29) is 17.9 Å². The van der Waals surface area contributed by atoms with Gasteiger partial charge in [0.2, 0.25) is 5.91 Å². The number of nitrogens with zero attached hydrogens (tertiary/aromatic N) is 1. The lowest BCUT2D eigenvalue weighted by Crippen LogP contribution is -2.29. The largest absolute Gasteiger partial charge is 0.396 e. The number of carbonyl (C=O) groups excluding carboxylic acids is 1. The molecule has 1 aliphatic carbocycles. The number of aliphatic hydroxyl groups excluding tert-OH is 1. The predicted molar refractivity (Wildman–Crippen MR) is 86.2 cm³/mol. The fourth-order valence-electron chi connectivity index (χ4n) is 2.32. The molecule has 0 aromatic heterocycles. The van der Waals surface area contributed by atoms with Gasteiger partial charge < -0.3 is 15.3 Å². The van der Waals surface area contributed by atoms with Crippen molar-refractivity contribution in [1.29, 1.82) is 0 Å². The van der Waals surface area contributed by atoms with Crippen molar-refractivity contribution in [3.05, 3.63) is 35.9 Å². The summed E-state index contributed by atoms with van der Waals surface area (Å²) in [5.41, 5.74) is 2.30. The van der Waals surface area contributed by atoms with Gasteiger partial charge in [0.1, 0.15) is 0 Å². The van der Waals surface area contributed by atoms with E-state index in [1.165, 1.54) is 0 Å². The van der Waals surface area contributed by atoms with Crippen LogP contribution in [-0.2, 0) is 4.79 Å². The van der Waals surface area contributed by atoms with E-state index in [9.17, 15) is 4.79 Å². The van der Waals surface area contributed by atoms with Gasteiger partial charge in [0.15, 0.2) is 0 Å². The molecule has 0 bridgehead atoms. The van der Waals surface area contributed by atoms with Gasteiger partial charge >= 0.3 is 0 Å². The summed E-state index contributed by atoms with van der Waals surface area (Å²) in [4.78, 5) is 13.8. The topological polar surface area (TPSA) is 52.6 Å². The Morgan fingerprint density at radius 2 is 2.00 bits per heavy atom. The third-order valence-electron chi connectivity index (χ3n) is 4.07. The van der Waals surface area contributed by atoms with Gasteiger partial charge in [-0.05, 0) is 48.4 Å². The average molecular weight is 288 g/mol. The maximum Gasteiger partial charge on any atom is 0.244 e. The molecule has 0 heterocycles. The maximum absolute atomic E-state index is 11.8. The fraction of sp³-hybridized carbons (Fsp3) is 0.471. The lowest BCUT2D eigenvalue weighted by Gasteiger charge is -2.13. The maximum atomic E-state index is 11.8. The second-order valence-electron chi connectivity index (χ2n) is 6.01. The monoisotopic (exact) mass is 288 g/mol. The fourth-order valence-corrected chi connectivity index (χ4v) is 2.32. The van der Waals surface area contributed by atoms with Crippen LogP contribution in [0.5, 0.6) is 0 Å². The summed E-state index contributed by atoms with van der Waals surface area (Å²) in [5.74, 6) is -0.0732. The zero-order valence-corrected chi connectivity index (χ0v) is 12.8. The molecule has 1 aromatic carbocycles. The van der Waals surface area contributed by atoms with E-state index < -0.39 is 0 Å². The molecule has 1 aromatic rings. The predicted octanol–water partition coefficient (Wildman–Crippen LogP) is 2.04. The van der Waals surface area contributed by atoms with Crippen LogP contribution in [0.1, 0.15) is 24.8 Å². The second-order valence-corrected chi connectivity index (χ2v) is 6.01. The molecule has 0 saturated heterocycles. The Morgan fingerprint density at radius 3 is 2.52 bits per heavy atom. The third-order valence-corrected chi connectivity index (χ3v) is 4.07. The van der Waals surface area contributed by atoms with Gasteiger partial charge in [-0.1, -0.05) is 12.1 Å². The number of carbonyl (C=O) groups is 1. The van der Waals surface area contributed by atoms with E-state index in [1.54, 1.807) is 6.08 Å². The Hall–Kier alpha value is -1.81. The van der Waals surface area contributed by atoms with Crippen molar-refractivity contribution in [3.8, 4) is 0 Å². The van der Waals surface area contributed by atoms with Crippen LogP contribution in [0.2, 0.25) is 0 Å². The smallest absolute Gasteiger partial charge is 0.244 e. The SMILES string of the molecule is CN(C)c1ccc(/C=C/C(=O)NCC2(CCO)CC2)cc1. The number of amides is 1. The van der Waals surface area contributed by atoms with Gasteiger partial charge in [-0.3, -0.25) is 4.79 Å². The van der Waals surface area contributed by atoms with Crippen molar-refractivity contribution < 1.29 is 9.90 Å². The molecule has 1 aliphatic rings. The van der Waals surface area contributed by atoms with Crippen molar-refractivity contribution in [2.24, 2.45) is 5.41 Å². The molecule has 1 amide bonds. The number of nitrogens with one attached hydrogen (secondary N) is 1. The van der Waals surface area contributed by atoms with Gasteiger partial charge in [-0.2, -0.15) is 0 Å². The average Bonchev–Trinajstić information content (AvgIpc) is 3.24. The number of aliphatic hydroxyl groups is 1. The molecule has 0 unspecified atom stereocenters. The third kappa shape index (κ3) is 4.60. The van der Waals surface area contributed by atoms with Gasteiger partial charge in [0, 0.05) is 39.0 Å². The Labute approximate surface area is 126 Å². The molecule has 2 N–H and O–H groups in total. The molecule has 4 nitrogen and oxygen atoms in total. The van der Waals surface area contributed by atoms with E-state index in [4.69, 9.17) is 5.11 Å². The van der Waals surface area contributed by atoms with Gasteiger partial charge in [0.05, 0.1) is 0 Å². The van der Waals surface area contributed by atoms with E-state index >= 15 is 0 Å². The van der Waals surface area contributed by atoms with Crippen LogP contribution in [0.4, 0.5) is 5.69 Å². The summed E-state index contributed by atoms with van der Waals surface area (Å²) in [6.07, 6.45) is 6.37. The molecule has 21 heavy (non-hydrogen) atoms. The molecule has 1 fully saturated rings. The lowest BCUT2D eigenvalue weighted by atomic mass is 10.0. The first-order valence-corrected chi connectivity index (χ1v) is 7.39. The van der Waals surface area contributed by atoms with E-state index in [2.05, 4.69) is 5.32 Å². The number of benzene rings is 1. The summed E-state index contributed by atoms with van der Waals surface area (Å²) in [6.45, 7) is 0.861. The van der Waals surface area contributed by atoms with E-state index in [1.807, 2.05) is 49.3 Å². The highest BCUT2D eigenvalue weighted by atomic mass is 16.3. The molecule has 1 saturated carbocycles. The number of rotatable bonds is 7. The molecule has 2 rings (SSSR count). The molecular formula is C17H24N2O2. The normalized spacial score (nSPS) is 16.0. The van der Waals surface area contributed by atoms with Crippen LogP contribution in [0, 0.1) is 5.41 Å². The minimum absolute atomic E-state index is 0.0732. The van der Waals surface area contributed by atoms with Crippen molar-refractivity contribution >= 4 is 17.7 Å². The van der Waals surface area contributed by atoms with E-state index in [0.29, 0.717) is 6.54 Å². The minimum Gasteiger partial charge on any atom is -0.396 e. The zero-order valence-electron chi connectivity index (χ0n) is 12.8. The highest BCUT2D eigenvalue weighted by molar-refractivity contribution is 5.91. The Balaban J connectivity index is 1.81. The number of anilines is 1. The molecule has 4 heteroatoms. The molecule has 0 radical (unpaired) electrons. The molecular weight excluding hydrogens is 264 g/mol. The molecule has 114 valence electrons. The van der Waals surface area contributed by atoms with Crippen LogP contribution in [0.25, 0.3) is 6.08 Å².